The summed E-state index contributed by atoms with van der Waals surface area (Å²) in [6.07, 6.45) is 1.58. The quantitative estimate of drug-likeness (QED) is 0.735. The third kappa shape index (κ3) is 2.64. The van der Waals surface area contributed by atoms with Crippen LogP contribution in [0.3, 0.4) is 0 Å². The van der Waals surface area contributed by atoms with Gasteiger partial charge in [-0.05, 0) is 6.07 Å². The lowest BCUT2D eigenvalue weighted by Gasteiger charge is -2.10. The second kappa shape index (κ2) is 4.58. The third-order valence-corrected chi connectivity index (χ3v) is 2.56. The molecule has 2 aromatic rings. The van der Waals surface area contributed by atoms with Crippen LogP contribution in [0.2, 0.25) is 0 Å². The summed E-state index contributed by atoms with van der Waals surface area (Å²) in [6, 6.07) is 11.1. The first kappa shape index (κ1) is 11.6. The van der Waals surface area contributed by atoms with E-state index in [1.165, 1.54) is 0 Å². The van der Waals surface area contributed by atoms with Gasteiger partial charge in [0.25, 0.3) is 0 Å². The minimum absolute atomic E-state index is 0.367. The average Bonchev–Trinajstić information content (AvgIpc) is 2.29. The largest absolute Gasteiger partial charge is 0.237 e. The van der Waals surface area contributed by atoms with Crippen LogP contribution < -0.4 is 0 Å². The van der Waals surface area contributed by atoms with Gasteiger partial charge < -0.3 is 0 Å². The van der Waals surface area contributed by atoms with Gasteiger partial charge in [-0.2, -0.15) is 0 Å². The molecule has 1 heterocycles. The monoisotopic (exact) mass is 272 g/mol. The molecule has 0 N–H and O–H groups in total. The molecule has 2 rings (SSSR count). The highest BCUT2D eigenvalue weighted by Crippen LogP contribution is 2.37. The predicted octanol–water partition coefficient (Wildman–Crippen LogP) is 3.97. The highest BCUT2D eigenvalue weighted by molar-refractivity contribution is 6.66. The molecule has 0 amide bonds. The topological polar surface area (TPSA) is 25.8 Å². The van der Waals surface area contributed by atoms with Crippen LogP contribution in [0.4, 0.5) is 0 Å². The summed E-state index contributed by atoms with van der Waals surface area (Å²) < 4.78 is -1.52. The molecule has 0 radical (unpaired) electrons. The molecule has 0 fully saturated rings. The van der Waals surface area contributed by atoms with Crippen LogP contribution in [0.1, 0.15) is 5.69 Å². The standard InChI is InChI=1S/C11H7Cl3N2/c12-11(13,14)9-6-7-15-10(16-9)8-4-2-1-3-5-8/h1-7H. The van der Waals surface area contributed by atoms with Crippen LogP contribution in [-0.4, -0.2) is 9.97 Å². The van der Waals surface area contributed by atoms with Crippen molar-refractivity contribution >= 4 is 34.8 Å². The van der Waals surface area contributed by atoms with Crippen molar-refractivity contribution in [2.45, 2.75) is 3.79 Å². The Morgan fingerprint density at radius 1 is 0.938 bits per heavy atom. The van der Waals surface area contributed by atoms with E-state index < -0.39 is 3.79 Å². The molecule has 0 spiro atoms. The molecule has 16 heavy (non-hydrogen) atoms. The highest BCUT2D eigenvalue weighted by Gasteiger charge is 2.25. The number of rotatable bonds is 1. The molecular formula is C11H7Cl3N2. The Kier molecular flexibility index (Phi) is 3.33. The van der Waals surface area contributed by atoms with Crippen LogP contribution >= 0.6 is 34.8 Å². The molecule has 0 unspecified atom stereocenters. The number of nitrogens with zero attached hydrogens (tertiary/aromatic N) is 2. The molecule has 1 aromatic carbocycles. The van der Waals surface area contributed by atoms with E-state index in [1.807, 2.05) is 30.3 Å². The van der Waals surface area contributed by atoms with Crippen molar-refractivity contribution in [3.8, 4) is 11.4 Å². The summed E-state index contributed by atoms with van der Waals surface area (Å²) >= 11 is 17.3. The zero-order chi connectivity index (χ0) is 11.6. The Morgan fingerprint density at radius 3 is 2.25 bits per heavy atom. The maximum absolute atomic E-state index is 5.76. The summed E-state index contributed by atoms with van der Waals surface area (Å²) in [7, 11) is 0. The highest BCUT2D eigenvalue weighted by atomic mass is 35.6. The number of hydrogen-bond acceptors (Lipinski definition) is 2. The van der Waals surface area contributed by atoms with Crippen LogP contribution in [0.15, 0.2) is 42.6 Å². The first-order chi connectivity index (χ1) is 7.57. The predicted molar refractivity (Wildman–Crippen MR) is 66.7 cm³/mol. The van der Waals surface area contributed by atoms with E-state index in [0.717, 1.165) is 5.56 Å². The van der Waals surface area contributed by atoms with Crippen molar-refractivity contribution in [2.24, 2.45) is 0 Å². The fourth-order valence-corrected chi connectivity index (χ4v) is 1.56. The lowest BCUT2D eigenvalue weighted by Crippen LogP contribution is -2.05. The lowest BCUT2D eigenvalue weighted by molar-refractivity contribution is 1.04. The SMILES string of the molecule is ClC(Cl)(Cl)c1ccnc(-c2ccccc2)n1. The van der Waals surface area contributed by atoms with Crippen molar-refractivity contribution in [1.29, 1.82) is 0 Å². The van der Waals surface area contributed by atoms with Crippen LogP contribution in [-0.2, 0) is 3.79 Å². The number of alkyl halides is 3. The number of hydrogen-bond donors (Lipinski definition) is 0. The van der Waals surface area contributed by atoms with E-state index in [0.29, 0.717) is 11.5 Å². The molecule has 0 aliphatic carbocycles. The average molecular weight is 274 g/mol. The van der Waals surface area contributed by atoms with E-state index in [1.54, 1.807) is 12.3 Å². The zero-order valence-corrected chi connectivity index (χ0v) is 10.3. The summed E-state index contributed by atoms with van der Waals surface area (Å²) in [4.78, 5) is 8.34. The van der Waals surface area contributed by atoms with E-state index in [2.05, 4.69) is 9.97 Å². The van der Waals surface area contributed by atoms with Crippen LogP contribution in [0.5, 0.6) is 0 Å². The van der Waals surface area contributed by atoms with Gasteiger partial charge in [0, 0.05) is 11.8 Å². The minimum Gasteiger partial charge on any atom is -0.237 e. The van der Waals surface area contributed by atoms with Crippen molar-refractivity contribution in [1.82, 2.24) is 9.97 Å². The Balaban J connectivity index is 2.45. The van der Waals surface area contributed by atoms with Gasteiger partial charge in [0.1, 0.15) is 0 Å². The van der Waals surface area contributed by atoms with Crippen molar-refractivity contribution < 1.29 is 0 Å². The first-order valence-corrected chi connectivity index (χ1v) is 5.66. The van der Waals surface area contributed by atoms with Gasteiger partial charge in [-0.3, -0.25) is 0 Å². The van der Waals surface area contributed by atoms with Crippen LogP contribution in [0.25, 0.3) is 11.4 Å². The molecule has 0 saturated carbocycles. The van der Waals surface area contributed by atoms with E-state index in [4.69, 9.17) is 34.8 Å². The number of benzene rings is 1. The summed E-state index contributed by atoms with van der Waals surface area (Å²) in [5, 5.41) is 0. The molecule has 0 bridgehead atoms. The van der Waals surface area contributed by atoms with Gasteiger partial charge in [-0.1, -0.05) is 65.1 Å². The maximum Gasteiger partial charge on any atom is 0.232 e. The molecule has 0 aliphatic rings. The second-order valence-corrected chi connectivity index (χ2v) is 5.41. The van der Waals surface area contributed by atoms with Gasteiger partial charge >= 0.3 is 0 Å². The van der Waals surface area contributed by atoms with Crippen molar-refractivity contribution in [3.63, 3.8) is 0 Å². The van der Waals surface area contributed by atoms with Gasteiger partial charge in [-0.15, -0.1) is 0 Å². The fraction of sp³-hybridized carbons (Fsp3) is 0.0909. The number of aromatic nitrogens is 2. The molecule has 5 heteroatoms. The zero-order valence-electron chi connectivity index (χ0n) is 8.07. The fourth-order valence-electron chi connectivity index (χ4n) is 1.24. The third-order valence-electron chi connectivity index (χ3n) is 1.98. The van der Waals surface area contributed by atoms with Gasteiger partial charge in [0.15, 0.2) is 5.82 Å². The normalized spacial score (nSPS) is 11.4. The van der Waals surface area contributed by atoms with Crippen molar-refractivity contribution in [3.05, 3.63) is 48.3 Å². The summed E-state index contributed by atoms with van der Waals surface area (Å²) in [6.45, 7) is 0. The summed E-state index contributed by atoms with van der Waals surface area (Å²) in [5.41, 5.74) is 1.25. The Labute approximate surface area is 108 Å². The van der Waals surface area contributed by atoms with Crippen LogP contribution in [0, 0.1) is 0 Å². The van der Waals surface area contributed by atoms with E-state index in [9.17, 15) is 0 Å². The maximum atomic E-state index is 5.76. The van der Waals surface area contributed by atoms with Gasteiger partial charge in [0.05, 0.1) is 5.69 Å². The molecule has 0 atom stereocenters. The molecule has 1 aromatic heterocycles. The molecule has 0 saturated heterocycles. The van der Waals surface area contributed by atoms with Gasteiger partial charge in [0.2, 0.25) is 3.79 Å². The van der Waals surface area contributed by atoms with E-state index >= 15 is 0 Å². The van der Waals surface area contributed by atoms with E-state index in [-0.39, 0.29) is 0 Å². The first-order valence-electron chi connectivity index (χ1n) is 4.53. The summed E-state index contributed by atoms with van der Waals surface area (Å²) in [5.74, 6) is 0.546. The molecule has 0 aliphatic heterocycles. The number of halogens is 3. The molecule has 82 valence electrons. The molecule has 2 nitrogen and oxygen atoms in total. The second-order valence-electron chi connectivity index (χ2n) is 3.13. The Morgan fingerprint density at radius 2 is 1.62 bits per heavy atom. The van der Waals surface area contributed by atoms with Crippen molar-refractivity contribution in [2.75, 3.05) is 0 Å². The molecular weight excluding hydrogens is 266 g/mol. The Hall–Kier alpha value is -0.830. The smallest absolute Gasteiger partial charge is 0.232 e. The Bertz CT molecular complexity index is 480. The van der Waals surface area contributed by atoms with Gasteiger partial charge in [-0.25, -0.2) is 9.97 Å². The lowest BCUT2D eigenvalue weighted by atomic mass is 10.2. The minimum atomic E-state index is -1.52.